The summed E-state index contributed by atoms with van der Waals surface area (Å²) in [5.41, 5.74) is 0.922. The Hall–Kier alpha value is -0.575. The fourth-order valence-electron chi connectivity index (χ4n) is 0.824. The Labute approximate surface area is 79.8 Å². The zero-order chi connectivity index (χ0) is 8.97. The van der Waals surface area contributed by atoms with Crippen molar-refractivity contribution in [2.75, 3.05) is 0 Å². The predicted octanol–water partition coefficient (Wildman–Crippen LogP) is 1.43. The van der Waals surface area contributed by atoms with Crippen molar-refractivity contribution >= 4 is 27.5 Å². The van der Waals surface area contributed by atoms with Crippen LogP contribution in [0.5, 0.6) is 0 Å². The summed E-state index contributed by atoms with van der Waals surface area (Å²) in [4.78, 5) is 0. The summed E-state index contributed by atoms with van der Waals surface area (Å²) in [5, 5.41) is 17.3. The first-order valence-corrected chi connectivity index (χ1v) is 4.28. The summed E-state index contributed by atoms with van der Waals surface area (Å²) < 4.78 is 0.679. The lowest BCUT2D eigenvalue weighted by Crippen LogP contribution is -2.06. The van der Waals surface area contributed by atoms with Crippen LogP contribution in [0.2, 0.25) is 0 Å². The molecule has 12 heavy (non-hydrogen) atoms. The minimum Gasteiger partial charge on any atom is -0.424 e. The van der Waals surface area contributed by atoms with Gasteiger partial charge in [-0.3, -0.25) is 0 Å². The molecule has 1 rings (SSSR count). The Kier molecular flexibility index (Phi) is 3.53. The average Bonchev–Trinajstić information content (AvgIpc) is 2.05. The molecule has 2 N–H and O–H groups in total. The first-order valence-electron chi connectivity index (χ1n) is 3.49. The quantitative estimate of drug-likeness (QED) is 0.750. The van der Waals surface area contributed by atoms with Crippen LogP contribution in [-0.2, 0) is 0 Å². The Balaban J connectivity index is 2.85. The summed E-state index contributed by atoms with van der Waals surface area (Å²) in [5.74, 6) is 1.31. The molecule has 0 fully saturated rings. The average molecular weight is 227 g/mol. The van der Waals surface area contributed by atoms with Gasteiger partial charge in [0.05, 0.1) is 0 Å². The van der Waals surface area contributed by atoms with Gasteiger partial charge in [0.15, 0.2) is 0 Å². The summed E-state index contributed by atoms with van der Waals surface area (Å²) in [6, 6.07) is 9.42. The lowest BCUT2D eigenvalue weighted by Gasteiger charge is -1.97. The van der Waals surface area contributed by atoms with Gasteiger partial charge in [-0.05, 0) is 11.5 Å². The van der Waals surface area contributed by atoms with Gasteiger partial charge in [-0.25, -0.2) is 0 Å². The van der Waals surface area contributed by atoms with Crippen molar-refractivity contribution in [3.8, 4) is 0 Å². The van der Waals surface area contributed by atoms with E-state index in [0.29, 0.717) is 4.48 Å². The van der Waals surface area contributed by atoms with Gasteiger partial charge >= 0.3 is 7.12 Å². The zero-order valence-corrected chi connectivity index (χ0v) is 7.90. The van der Waals surface area contributed by atoms with Crippen LogP contribution in [0.15, 0.2) is 36.3 Å². The highest BCUT2D eigenvalue weighted by Crippen LogP contribution is 2.19. The molecule has 2 nitrogen and oxygen atoms in total. The van der Waals surface area contributed by atoms with Gasteiger partial charge in [0, 0.05) is 4.48 Å². The van der Waals surface area contributed by atoms with Gasteiger partial charge in [0.25, 0.3) is 0 Å². The molecule has 0 radical (unpaired) electrons. The molecule has 0 saturated heterocycles. The van der Waals surface area contributed by atoms with E-state index in [1.807, 2.05) is 30.3 Å². The molecule has 0 aliphatic carbocycles. The van der Waals surface area contributed by atoms with Gasteiger partial charge in [0.1, 0.15) is 0 Å². The SMILES string of the molecule is OB(O)/C=C(/Br)c1ccccc1. The maximum Gasteiger partial charge on any atom is 0.481 e. The molecule has 0 amide bonds. The lowest BCUT2D eigenvalue weighted by molar-refractivity contribution is 0.424. The normalized spacial score (nSPS) is 11.4. The molecule has 1 aromatic rings. The first-order chi connectivity index (χ1) is 5.70. The molecular formula is C8H8BBrO2. The van der Waals surface area contributed by atoms with Crippen molar-refractivity contribution in [3.63, 3.8) is 0 Å². The minimum absolute atomic E-state index is 0.679. The van der Waals surface area contributed by atoms with E-state index in [1.165, 1.54) is 5.98 Å². The highest BCUT2D eigenvalue weighted by molar-refractivity contribution is 9.15. The molecule has 0 bridgehead atoms. The largest absolute Gasteiger partial charge is 0.481 e. The molecule has 4 heteroatoms. The van der Waals surface area contributed by atoms with Crippen LogP contribution >= 0.6 is 15.9 Å². The zero-order valence-electron chi connectivity index (χ0n) is 6.31. The second-order valence-electron chi connectivity index (χ2n) is 2.29. The summed E-state index contributed by atoms with van der Waals surface area (Å²) in [6.07, 6.45) is 0. The monoisotopic (exact) mass is 226 g/mol. The highest BCUT2D eigenvalue weighted by atomic mass is 79.9. The van der Waals surface area contributed by atoms with Gasteiger partial charge < -0.3 is 10.0 Å². The van der Waals surface area contributed by atoms with Crippen molar-refractivity contribution in [3.05, 3.63) is 41.9 Å². The van der Waals surface area contributed by atoms with Crippen LogP contribution in [0.4, 0.5) is 0 Å². The van der Waals surface area contributed by atoms with Crippen LogP contribution in [0.3, 0.4) is 0 Å². The second kappa shape index (κ2) is 4.45. The van der Waals surface area contributed by atoms with E-state index in [9.17, 15) is 0 Å². The van der Waals surface area contributed by atoms with Crippen molar-refractivity contribution in [1.29, 1.82) is 0 Å². The third kappa shape index (κ3) is 2.81. The van der Waals surface area contributed by atoms with Gasteiger partial charge in [-0.2, -0.15) is 0 Å². The Bertz CT molecular complexity index is 272. The number of halogens is 1. The number of hydrogen-bond donors (Lipinski definition) is 2. The van der Waals surface area contributed by atoms with E-state index < -0.39 is 7.12 Å². The molecule has 0 unspecified atom stereocenters. The first kappa shape index (κ1) is 9.51. The lowest BCUT2D eigenvalue weighted by atomic mass is 9.91. The van der Waals surface area contributed by atoms with E-state index in [0.717, 1.165) is 5.56 Å². The number of benzene rings is 1. The van der Waals surface area contributed by atoms with Gasteiger partial charge in [-0.15, -0.1) is 0 Å². The second-order valence-corrected chi connectivity index (χ2v) is 3.15. The van der Waals surface area contributed by atoms with E-state index in [4.69, 9.17) is 10.0 Å². The molecule has 0 heterocycles. The maximum atomic E-state index is 8.63. The Morgan fingerprint density at radius 2 is 1.83 bits per heavy atom. The third-order valence-corrected chi connectivity index (χ3v) is 2.07. The molecule has 0 aromatic heterocycles. The van der Waals surface area contributed by atoms with Gasteiger partial charge in [0.2, 0.25) is 0 Å². The van der Waals surface area contributed by atoms with Crippen molar-refractivity contribution in [2.24, 2.45) is 0 Å². The van der Waals surface area contributed by atoms with Crippen molar-refractivity contribution in [1.82, 2.24) is 0 Å². The maximum absolute atomic E-state index is 8.63. The van der Waals surface area contributed by atoms with E-state index in [-0.39, 0.29) is 0 Å². The fourth-order valence-corrected chi connectivity index (χ4v) is 1.33. The summed E-state index contributed by atoms with van der Waals surface area (Å²) in [6.45, 7) is 0. The minimum atomic E-state index is -1.42. The molecule has 0 aliphatic heterocycles. The van der Waals surface area contributed by atoms with E-state index >= 15 is 0 Å². The summed E-state index contributed by atoms with van der Waals surface area (Å²) >= 11 is 3.23. The van der Waals surface area contributed by atoms with Crippen LogP contribution in [0.25, 0.3) is 4.48 Å². The summed E-state index contributed by atoms with van der Waals surface area (Å²) in [7, 11) is -1.42. The fraction of sp³-hybridized carbons (Fsp3) is 0. The standard InChI is InChI=1S/C8H8BBrO2/c10-8(6-9(11)12)7-4-2-1-3-5-7/h1-6,11-12H/b8-6+. The number of hydrogen-bond acceptors (Lipinski definition) is 2. The van der Waals surface area contributed by atoms with E-state index in [1.54, 1.807) is 0 Å². The van der Waals surface area contributed by atoms with Crippen LogP contribution in [0.1, 0.15) is 5.56 Å². The molecule has 1 aromatic carbocycles. The molecule has 0 atom stereocenters. The van der Waals surface area contributed by atoms with Gasteiger partial charge in [-0.1, -0.05) is 46.3 Å². The van der Waals surface area contributed by atoms with Crippen molar-refractivity contribution < 1.29 is 10.0 Å². The third-order valence-electron chi connectivity index (χ3n) is 1.34. The van der Waals surface area contributed by atoms with E-state index in [2.05, 4.69) is 15.9 Å². The molecule has 0 spiro atoms. The Morgan fingerprint density at radius 1 is 1.25 bits per heavy atom. The molecular weight excluding hydrogens is 219 g/mol. The smallest absolute Gasteiger partial charge is 0.424 e. The van der Waals surface area contributed by atoms with Crippen LogP contribution in [0, 0.1) is 0 Å². The topological polar surface area (TPSA) is 40.5 Å². The molecule has 0 aliphatic rings. The molecule has 62 valence electrons. The number of rotatable bonds is 2. The Morgan fingerprint density at radius 3 is 2.33 bits per heavy atom. The van der Waals surface area contributed by atoms with Crippen LogP contribution in [-0.4, -0.2) is 17.2 Å². The predicted molar refractivity (Wildman–Crippen MR) is 53.5 cm³/mol. The van der Waals surface area contributed by atoms with Crippen LogP contribution < -0.4 is 0 Å². The molecule has 0 saturated carbocycles. The highest BCUT2D eigenvalue weighted by Gasteiger charge is 2.03. The van der Waals surface area contributed by atoms with Crippen molar-refractivity contribution in [2.45, 2.75) is 0 Å².